The standard InChI is InChI=1S/C10H20.2C2H6/c1-8(2)10-6-4-9(3)5-7-10;2*1-2/h8-10H,4-7H2,1-3H3;2*1-2H3. The van der Waals surface area contributed by atoms with E-state index in [0.717, 1.165) is 17.8 Å². The van der Waals surface area contributed by atoms with Crippen LogP contribution in [0.3, 0.4) is 0 Å². The molecule has 1 rings (SSSR count). The average Bonchev–Trinajstić information content (AvgIpc) is 2.24. The van der Waals surface area contributed by atoms with Crippen LogP contribution in [0.4, 0.5) is 0 Å². The number of hydrogen-bond donors (Lipinski definition) is 0. The van der Waals surface area contributed by atoms with Gasteiger partial charge in [0, 0.05) is 0 Å². The summed E-state index contributed by atoms with van der Waals surface area (Å²) in [4.78, 5) is 0. The Balaban J connectivity index is 0. The minimum Gasteiger partial charge on any atom is -0.0683 e. The summed E-state index contributed by atoms with van der Waals surface area (Å²) in [5, 5.41) is 0. The molecule has 0 amide bonds. The first kappa shape index (κ1) is 16.4. The van der Waals surface area contributed by atoms with E-state index < -0.39 is 0 Å². The van der Waals surface area contributed by atoms with E-state index in [1.807, 2.05) is 27.7 Å². The van der Waals surface area contributed by atoms with Crippen molar-refractivity contribution in [2.75, 3.05) is 0 Å². The first-order valence-electron chi connectivity index (χ1n) is 6.70. The SMILES string of the molecule is CC.CC.CC1CCC(C(C)C)CC1. The molecule has 0 unspecified atom stereocenters. The third-order valence-corrected chi connectivity index (χ3v) is 3.00. The Labute approximate surface area is 92.5 Å². The fraction of sp³-hybridized carbons (Fsp3) is 1.00. The second-order valence-electron chi connectivity index (χ2n) is 4.26. The van der Waals surface area contributed by atoms with Gasteiger partial charge in [0.1, 0.15) is 0 Å². The van der Waals surface area contributed by atoms with Crippen molar-refractivity contribution in [1.29, 1.82) is 0 Å². The van der Waals surface area contributed by atoms with Crippen LogP contribution in [-0.2, 0) is 0 Å². The smallest absolute Gasteiger partial charge is 0.0391 e. The average molecular weight is 200 g/mol. The van der Waals surface area contributed by atoms with Gasteiger partial charge in [-0.1, -0.05) is 61.3 Å². The molecule has 0 saturated heterocycles. The van der Waals surface area contributed by atoms with Crippen LogP contribution in [0, 0.1) is 17.8 Å². The van der Waals surface area contributed by atoms with Crippen LogP contribution >= 0.6 is 0 Å². The molecule has 1 saturated carbocycles. The zero-order chi connectivity index (χ0) is 11.6. The molecule has 0 radical (unpaired) electrons. The van der Waals surface area contributed by atoms with Gasteiger partial charge in [0.25, 0.3) is 0 Å². The van der Waals surface area contributed by atoms with E-state index in [4.69, 9.17) is 0 Å². The fourth-order valence-electron chi connectivity index (χ4n) is 1.95. The monoisotopic (exact) mass is 200 g/mol. The summed E-state index contributed by atoms with van der Waals surface area (Å²) in [5.74, 6) is 2.97. The molecular formula is C14H32. The van der Waals surface area contributed by atoms with Crippen molar-refractivity contribution in [2.45, 2.75) is 74.1 Å². The molecule has 0 spiro atoms. The highest BCUT2D eigenvalue weighted by Gasteiger charge is 2.19. The lowest BCUT2D eigenvalue weighted by atomic mass is 9.78. The summed E-state index contributed by atoms with van der Waals surface area (Å²) in [6.07, 6.45) is 5.92. The highest BCUT2D eigenvalue weighted by Crippen LogP contribution is 2.32. The Morgan fingerprint density at radius 3 is 1.43 bits per heavy atom. The van der Waals surface area contributed by atoms with Gasteiger partial charge in [-0.3, -0.25) is 0 Å². The highest BCUT2D eigenvalue weighted by atomic mass is 14.3. The van der Waals surface area contributed by atoms with Crippen molar-refractivity contribution in [3.63, 3.8) is 0 Å². The molecule has 1 fully saturated rings. The molecule has 0 bridgehead atoms. The second kappa shape index (κ2) is 11.1. The third kappa shape index (κ3) is 7.41. The Bertz CT molecular complexity index is 86.2. The van der Waals surface area contributed by atoms with Crippen molar-refractivity contribution in [1.82, 2.24) is 0 Å². The maximum Gasteiger partial charge on any atom is -0.0391 e. The Kier molecular flexibility index (Phi) is 13.0. The van der Waals surface area contributed by atoms with Crippen LogP contribution in [-0.4, -0.2) is 0 Å². The number of rotatable bonds is 1. The lowest BCUT2D eigenvalue weighted by Gasteiger charge is -2.28. The highest BCUT2D eigenvalue weighted by molar-refractivity contribution is 4.71. The topological polar surface area (TPSA) is 0 Å². The molecule has 88 valence electrons. The molecule has 0 nitrogen and oxygen atoms in total. The molecule has 0 aromatic carbocycles. The summed E-state index contributed by atoms with van der Waals surface area (Å²) in [7, 11) is 0. The van der Waals surface area contributed by atoms with Gasteiger partial charge < -0.3 is 0 Å². The third-order valence-electron chi connectivity index (χ3n) is 3.00. The first-order valence-corrected chi connectivity index (χ1v) is 6.70. The van der Waals surface area contributed by atoms with Crippen LogP contribution in [0.1, 0.15) is 74.1 Å². The van der Waals surface area contributed by atoms with Crippen molar-refractivity contribution in [3.8, 4) is 0 Å². The van der Waals surface area contributed by atoms with Crippen molar-refractivity contribution >= 4 is 0 Å². The molecule has 14 heavy (non-hydrogen) atoms. The summed E-state index contributed by atoms with van der Waals surface area (Å²) in [6.45, 7) is 15.1. The van der Waals surface area contributed by atoms with E-state index in [1.165, 1.54) is 25.7 Å². The van der Waals surface area contributed by atoms with Crippen molar-refractivity contribution in [2.24, 2.45) is 17.8 Å². The summed E-state index contributed by atoms with van der Waals surface area (Å²) in [6, 6.07) is 0. The zero-order valence-electron chi connectivity index (χ0n) is 11.6. The Morgan fingerprint density at radius 2 is 1.14 bits per heavy atom. The minimum absolute atomic E-state index is 0.924. The van der Waals surface area contributed by atoms with Gasteiger partial charge in [0.05, 0.1) is 0 Å². The lowest BCUT2D eigenvalue weighted by molar-refractivity contribution is 0.234. The minimum atomic E-state index is 0.924. The number of hydrogen-bond acceptors (Lipinski definition) is 0. The summed E-state index contributed by atoms with van der Waals surface area (Å²) >= 11 is 0. The maximum absolute atomic E-state index is 2.39. The van der Waals surface area contributed by atoms with E-state index in [9.17, 15) is 0 Å². The maximum atomic E-state index is 2.39. The first-order chi connectivity index (χ1) is 6.70. The van der Waals surface area contributed by atoms with E-state index in [1.54, 1.807) is 0 Å². The van der Waals surface area contributed by atoms with Gasteiger partial charge in [-0.2, -0.15) is 0 Å². The van der Waals surface area contributed by atoms with Crippen LogP contribution in [0.2, 0.25) is 0 Å². The van der Waals surface area contributed by atoms with Crippen LogP contribution in [0.5, 0.6) is 0 Å². The predicted octanol–water partition coefficient (Wildman–Crippen LogP) is 5.52. The van der Waals surface area contributed by atoms with Crippen LogP contribution in [0.25, 0.3) is 0 Å². The van der Waals surface area contributed by atoms with E-state index in [2.05, 4.69) is 20.8 Å². The van der Waals surface area contributed by atoms with Gasteiger partial charge in [0.15, 0.2) is 0 Å². The van der Waals surface area contributed by atoms with Crippen molar-refractivity contribution < 1.29 is 0 Å². The largest absolute Gasteiger partial charge is 0.0683 e. The molecule has 0 heteroatoms. The molecule has 0 atom stereocenters. The van der Waals surface area contributed by atoms with Crippen molar-refractivity contribution in [3.05, 3.63) is 0 Å². The van der Waals surface area contributed by atoms with Gasteiger partial charge in [-0.15, -0.1) is 0 Å². The van der Waals surface area contributed by atoms with E-state index >= 15 is 0 Å². The molecule has 1 aliphatic rings. The van der Waals surface area contributed by atoms with Gasteiger partial charge in [0.2, 0.25) is 0 Å². The molecule has 0 aromatic heterocycles. The Morgan fingerprint density at radius 1 is 0.786 bits per heavy atom. The van der Waals surface area contributed by atoms with E-state index in [-0.39, 0.29) is 0 Å². The molecule has 0 heterocycles. The molecular weight excluding hydrogens is 168 g/mol. The van der Waals surface area contributed by atoms with Crippen LogP contribution < -0.4 is 0 Å². The molecule has 1 aliphatic carbocycles. The normalized spacial score (nSPS) is 25.7. The zero-order valence-corrected chi connectivity index (χ0v) is 11.6. The quantitative estimate of drug-likeness (QED) is 0.523. The predicted molar refractivity (Wildman–Crippen MR) is 68.7 cm³/mol. The molecule has 0 aliphatic heterocycles. The fourth-order valence-corrected chi connectivity index (χ4v) is 1.95. The van der Waals surface area contributed by atoms with Crippen LogP contribution in [0.15, 0.2) is 0 Å². The summed E-state index contributed by atoms with van der Waals surface area (Å²) < 4.78 is 0. The second-order valence-corrected chi connectivity index (χ2v) is 4.26. The summed E-state index contributed by atoms with van der Waals surface area (Å²) in [5.41, 5.74) is 0. The lowest BCUT2D eigenvalue weighted by Crippen LogP contribution is -2.16. The molecule has 0 aromatic rings. The van der Waals surface area contributed by atoms with Gasteiger partial charge in [-0.05, 0) is 30.6 Å². The van der Waals surface area contributed by atoms with Gasteiger partial charge in [-0.25, -0.2) is 0 Å². The Hall–Kier alpha value is 0. The molecule has 0 N–H and O–H groups in total. The van der Waals surface area contributed by atoms with E-state index in [0.29, 0.717) is 0 Å². The van der Waals surface area contributed by atoms with Gasteiger partial charge >= 0.3 is 0 Å².